The van der Waals surface area contributed by atoms with Gasteiger partial charge in [-0.1, -0.05) is 19.1 Å². The highest BCUT2D eigenvalue weighted by Crippen LogP contribution is 2.16. The fourth-order valence-corrected chi connectivity index (χ4v) is 1.86. The number of allylic oxidation sites excluding steroid dienone is 2. The van der Waals surface area contributed by atoms with Crippen LogP contribution in [0.5, 0.6) is 0 Å². The summed E-state index contributed by atoms with van der Waals surface area (Å²) in [5.41, 5.74) is 9.61. The number of nitrogens with zero attached hydrogens (tertiary/aromatic N) is 3. The molecule has 3 N–H and O–H groups in total. The summed E-state index contributed by atoms with van der Waals surface area (Å²) in [6.45, 7) is 6.63. The standard InChI is InChI=1S/C16H25N5/c1-5-15(13(3)21(4)20-6-2)18-11-12-19-16-10-8-7-9-14(16)17/h6-11,19H,5,12,17H2,1-4H3/b15-13+,18-11?,20-6+. The van der Waals surface area contributed by atoms with E-state index in [2.05, 4.69) is 22.3 Å². The average molecular weight is 287 g/mol. The summed E-state index contributed by atoms with van der Waals surface area (Å²) in [7, 11) is 1.92. The largest absolute Gasteiger partial charge is 0.397 e. The van der Waals surface area contributed by atoms with Crippen molar-refractivity contribution < 1.29 is 0 Å². The normalized spacial score (nSPS) is 12.8. The van der Waals surface area contributed by atoms with Crippen molar-refractivity contribution in [3.63, 3.8) is 0 Å². The SMILES string of the molecule is C/C=N/N(C)/C(C)=C(\CC)N=CCNc1ccccc1N. The molecule has 1 rings (SSSR count). The third-order valence-corrected chi connectivity index (χ3v) is 3.12. The molecular weight excluding hydrogens is 262 g/mol. The van der Waals surface area contributed by atoms with E-state index in [0.29, 0.717) is 6.54 Å². The third kappa shape index (κ3) is 5.30. The zero-order chi connectivity index (χ0) is 15.7. The molecule has 0 heterocycles. The van der Waals surface area contributed by atoms with Crippen LogP contribution in [0, 0.1) is 0 Å². The topological polar surface area (TPSA) is 66.0 Å². The summed E-state index contributed by atoms with van der Waals surface area (Å²) in [6, 6.07) is 7.70. The van der Waals surface area contributed by atoms with Crippen molar-refractivity contribution in [3.8, 4) is 0 Å². The lowest BCUT2D eigenvalue weighted by Gasteiger charge is -2.15. The Morgan fingerprint density at radius 2 is 2.10 bits per heavy atom. The summed E-state index contributed by atoms with van der Waals surface area (Å²) in [5.74, 6) is 0. The van der Waals surface area contributed by atoms with E-state index in [9.17, 15) is 0 Å². The van der Waals surface area contributed by atoms with Crippen LogP contribution in [0.4, 0.5) is 11.4 Å². The van der Waals surface area contributed by atoms with Crippen LogP contribution in [0.25, 0.3) is 0 Å². The van der Waals surface area contributed by atoms with E-state index < -0.39 is 0 Å². The van der Waals surface area contributed by atoms with Gasteiger partial charge in [0.05, 0.1) is 29.3 Å². The van der Waals surface area contributed by atoms with Crippen LogP contribution in [0.1, 0.15) is 27.2 Å². The van der Waals surface area contributed by atoms with Crippen molar-refractivity contribution >= 4 is 23.8 Å². The van der Waals surface area contributed by atoms with E-state index in [1.54, 1.807) is 6.21 Å². The summed E-state index contributed by atoms with van der Waals surface area (Å²) >= 11 is 0. The molecule has 1 aromatic rings. The Morgan fingerprint density at radius 3 is 2.71 bits per heavy atom. The monoisotopic (exact) mass is 287 g/mol. The molecule has 1 aromatic carbocycles. The second-order valence-electron chi connectivity index (χ2n) is 4.56. The van der Waals surface area contributed by atoms with Gasteiger partial charge in [0.15, 0.2) is 0 Å². The van der Waals surface area contributed by atoms with E-state index >= 15 is 0 Å². The molecule has 0 saturated heterocycles. The lowest BCUT2D eigenvalue weighted by molar-refractivity contribution is 0.441. The first kappa shape index (κ1) is 16.8. The number of hydrogen-bond acceptors (Lipinski definition) is 5. The van der Waals surface area contributed by atoms with Crippen molar-refractivity contribution in [2.75, 3.05) is 24.6 Å². The molecule has 0 bridgehead atoms. The Morgan fingerprint density at radius 1 is 1.38 bits per heavy atom. The maximum Gasteiger partial charge on any atom is 0.0605 e. The first-order chi connectivity index (χ1) is 10.1. The van der Waals surface area contributed by atoms with Crippen molar-refractivity contribution in [2.45, 2.75) is 27.2 Å². The Bertz CT molecular complexity index is 531. The smallest absolute Gasteiger partial charge is 0.0605 e. The van der Waals surface area contributed by atoms with Crippen LogP contribution in [0.15, 0.2) is 45.8 Å². The van der Waals surface area contributed by atoms with Gasteiger partial charge in [-0.05, 0) is 32.4 Å². The Labute approximate surface area is 127 Å². The Balaban J connectivity index is 2.65. The maximum absolute atomic E-state index is 5.87. The number of nitrogens with one attached hydrogen (secondary N) is 1. The number of anilines is 2. The van der Waals surface area contributed by atoms with Crippen LogP contribution in [0.3, 0.4) is 0 Å². The summed E-state index contributed by atoms with van der Waals surface area (Å²) < 4.78 is 0. The number of rotatable bonds is 7. The highest BCUT2D eigenvalue weighted by Gasteiger charge is 2.02. The van der Waals surface area contributed by atoms with Gasteiger partial charge in [0.2, 0.25) is 0 Å². The molecule has 0 aliphatic rings. The minimum Gasteiger partial charge on any atom is -0.397 e. The number of hydrazone groups is 1. The van der Waals surface area contributed by atoms with Gasteiger partial charge >= 0.3 is 0 Å². The Hall–Kier alpha value is -2.30. The minimum absolute atomic E-state index is 0.631. The summed E-state index contributed by atoms with van der Waals surface area (Å²) in [6.07, 6.45) is 4.48. The second-order valence-corrected chi connectivity index (χ2v) is 4.56. The molecule has 0 aromatic heterocycles. The molecule has 0 unspecified atom stereocenters. The molecule has 5 heteroatoms. The molecule has 0 aliphatic heterocycles. The van der Waals surface area contributed by atoms with Gasteiger partial charge in [-0.2, -0.15) is 5.10 Å². The van der Waals surface area contributed by atoms with Crippen LogP contribution in [-0.4, -0.2) is 31.0 Å². The molecule has 0 spiro atoms. The number of hydrogen-bond donors (Lipinski definition) is 2. The van der Waals surface area contributed by atoms with Gasteiger partial charge < -0.3 is 11.1 Å². The molecule has 5 nitrogen and oxygen atoms in total. The summed E-state index contributed by atoms with van der Waals surface area (Å²) in [4.78, 5) is 4.53. The van der Waals surface area contributed by atoms with E-state index in [4.69, 9.17) is 5.73 Å². The maximum atomic E-state index is 5.87. The number of para-hydroxylation sites is 2. The number of aliphatic imine (C=N–C) groups is 1. The van der Waals surface area contributed by atoms with Crippen LogP contribution >= 0.6 is 0 Å². The van der Waals surface area contributed by atoms with Crippen LogP contribution in [-0.2, 0) is 0 Å². The average Bonchev–Trinajstić information content (AvgIpc) is 2.48. The molecule has 0 atom stereocenters. The van der Waals surface area contributed by atoms with Crippen molar-refractivity contribution in [2.24, 2.45) is 10.1 Å². The van der Waals surface area contributed by atoms with Crippen molar-refractivity contribution in [1.82, 2.24) is 5.01 Å². The summed E-state index contributed by atoms with van der Waals surface area (Å²) in [5, 5.41) is 9.30. The lowest BCUT2D eigenvalue weighted by atomic mass is 10.2. The predicted molar refractivity (Wildman–Crippen MR) is 92.8 cm³/mol. The van der Waals surface area contributed by atoms with Gasteiger partial charge in [-0.3, -0.25) is 10.0 Å². The third-order valence-electron chi connectivity index (χ3n) is 3.12. The molecule has 114 valence electrons. The molecule has 0 aliphatic carbocycles. The molecule has 0 radical (unpaired) electrons. The number of nitrogens with two attached hydrogens (primary N) is 1. The molecule has 0 amide bonds. The minimum atomic E-state index is 0.631. The fraction of sp³-hybridized carbons (Fsp3) is 0.375. The second kappa shape index (κ2) is 8.79. The molecule has 21 heavy (non-hydrogen) atoms. The van der Waals surface area contributed by atoms with E-state index in [-0.39, 0.29) is 0 Å². The first-order valence-electron chi connectivity index (χ1n) is 7.13. The molecular formula is C16H25N5. The van der Waals surface area contributed by atoms with E-state index in [0.717, 1.165) is 29.2 Å². The molecule has 0 fully saturated rings. The number of nitrogen functional groups attached to an aromatic ring is 1. The van der Waals surface area contributed by atoms with Gasteiger partial charge in [-0.25, -0.2) is 0 Å². The van der Waals surface area contributed by atoms with E-state index in [1.165, 1.54) is 0 Å². The van der Waals surface area contributed by atoms with Crippen molar-refractivity contribution in [1.29, 1.82) is 0 Å². The quantitative estimate of drug-likeness (QED) is 0.459. The zero-order valence-electron chi connectivity index (χ0n) is 13.3. The van der Waals surface area contributed by atoms with Gasteiger partial charge in [-0.15, -0.1) is 0 Å². The highest BCUT2D eigenvalue weighted by atomic mass is 15.4. The van der Waals surface area contributed by atoms with Gasteiger partial charge in [0.25, 0.3) is 0 Å². The van der Waals surface area contributed by atoms with Crippen LogP contribution < -0.4 is 11.1 Å². The molecule has 0 saturated carbocycles. The number of benzene rings is 1. The fourth-order valence-electron chi connectivity index (χ4n) is 1.86. The highest BCUT2D eigenvalue weighted by molar-refractivity contribution is 5.71. The Kier molecular flexibility index (Phi) is 7.01. The predicted octanol–water partition coefficient (Wildman–Crippen LogP) is 3.33. The zero-order valence-corrected chi connectivity index (χ0v) is 13.3. The van der Waals surface area contributed by atoms with Crippen LogP contribution in [0.2, 0.25) is 0 Å². The van der Waals surface area contributed by atoms with Gasteiger partial charge in [0, 0.05) is 19.5 Å². The first-order valence-corrected chi connectivity index (χ1v) is 7.13. The van der Waals surface area contributed by atoms with Crippen molar-refractivity contribution in [3.05, 3.63) is 35.7 Å². The van der Waals surface area contributed by atoms with E-state index in [1.807, 2.05) is 56.4 Å². The lowest BCUT2D eigenvalue weighted by Crippen LogP contribution is -2.10. The van der Waals surface area contributed by atoms with Gasteiger partial charge in [0.1, 0.15) is 0 Å².